The maximum atomic E-state index is 5.94. The van der Waals surface area contributed by atoms with Crippen molar-refractivity contribution in [2.45, 2.75) is 28.6 Å². The van der Waals surface area contributed by atoms with E-state index in [9.17, 15) is 0 Å². The number of nitrogens with one attached hydrogen (secondary N) is 1. The fraction of sp³-hybridized carbons (Fsp3) is 0.500. The zero-order valence-corrected chi connectivity index (χ0v) is 12.1. The first-order valence-electron chi connectivity index (χ1n) is 5.52. The zero-order valence-electron chi connectivity index (χ0n) is 9.10. The van der Waals surface area contributed by atoms with Gasteiger partial charge < -0.3 is 5.32 Å². The number of halogens is 4. The maximum Gasteiger partial charge on any atom is 0.205 e. The van der Waals surface area contributed by atoms with Crippen LogP contribution in [0.1, 0.15) is 24.3 Å². The minimum atomic E-state index is -1.24. The van der Waals surface area contributed by atoms with Gasteiger partial charge in [-0.05, 0) is 43.0 Å². The molecule has 1 aliphatic rings. The van der Waals surface area contributed by atoms with Crippen LogP contribution in [0.25, 0.3) is 0 Å². The smallest absolute Gasteiger partial charge is 0.205 e. The number of piperidine rings is 1. The predicted octanol–water partition coefficient (Wildman–Crippen LogP) is 4.55. The third-order valence-electron chi connectivity index (χ3n) is 3.14. The molecule has 1 fully saturated rings. The van der Waals surface area contributed by atoms with Crippen LogP contribution in [-0.4, -0.2) is 16.4 Å². The van der Waals surface area contributed by atoms with Crippen molar-refractivity contribution in [3.63, 3.8) is 0 Å². The van der Waals surface area contributed by atoms with Crippen LogP contribution in [-0.2, 0) is 0 Å². The monoisotopic (exact) mass is 311 g/mol. The summed E-state index contributed by atoms with van der Waals surface area (Å²) in [6.45, 7) is 0.867. The van der Waals surface area contributed by atoms with Crippen LogP contribution < -0.4 is 5.32 Å². The molecule has 0 aromatic heterocycles. The Hall–Kier alpha value is 0.340. The van der Waals surface area contributed by atoms with Gasteiger partial charge in [0.05, 0.1) is 6.04 Å². The van der Waals surface area contributed by atoms with Crippen molar-refractivity contribution in [1.29, 1.82) is 0 Å². The number of benzene rings is 1. The second kappa shape index (κ2) is 5.54. The van der Waals surface area contributed by atoms with Crippen molar-refractivity contribution in [2.24, 2.45) is 0 Å². The molecule has 0 radical (unpaired) electrons. The van der Waals surface area contributed by atoms with Crippen molar-refractivity contribution < 1.29 is 0 Å². The van der Waals surface area contributed by atoms with Crippen LogP contribution in [0, 0.1) is 0 Å². The molecular formula is C12H13Cl4N. The minimum Gasteiger partial charge on any atom is -0.310 e. The first kappa shape index (κ1) is 13.8. The SMILES string of the molecule is Clc1ccc([C@@H]2CCN[C@H](C(Cl)(Cl)Cl)C2)cc1. The van der Waals surface area contributed by atoms with E-state index in [0.29, 0.717) is 5.92 Å². The molecule has 94 valence electrons. The van der Waals surface area contributed by atoms with Gasteiger partial charge in [-0.3, -0.25) is 0 Å². The summed E-state index contributed by atoms with van der Waals surface area (Å²) in [6, 6.07) is 7.82. The zero-order chi connectivity index (χ0) is 12.5. The normalized spacial score (nSPS) is 25.9. The summed E-state index contributed by atoms with van der Waals surface area (Å²) in [5, 5.41) is 4.00. The van der Waals surface area contributed by atoms with Crippen molar-refractivity contribution in [2.75, 3.05) is 6.54 Å². The summed E-state index contributed by atoms with van der Waals surface area (Å²) >= 11 is 23.7. The quantitative estimate of drug-likeness (QED) is 0.750. The molecule has 0 saturated carbocycles. The molecule has 5 heteroatoms. The molecule has 1 N–H and O–H groups in total. The average molecular weight is 313 g/mol. The van der Waals surface area contributed by atoms with Gasteiger partial charge in [0.25, 0.3) is 0 Å². The summed E-state index contributed by atoms with van der Waals surface area (Å²) in [4.78, 5) is 0. The largest absolute Gasteiger partial charge is 0.310 e. The van der Waals surface area contributed by atoms with E-state index in [4.69, 9.17) is 46.4 Å². The van der Waals surface area contributed by atoms with E-state index < -0.39 is 3.79 Å². The first-order valence-corrected chi connectivity index (χ1v) is 7.03. The Morgan fingerprint density at radius 2 is 1.76 bits per heavy atom. The Morgan fingerprint density at radius 1 is 1.12 bits per heavy atom. The van der Waals surface area contributed by atoms with E-state index in [1.165, 1.54) is 5.56 Å². The van der Waals surface area contributed by atoms with Crippen LogP contribution >= 0.6 is 46.4 Å². The van der Waals surface area contributed by atoms with Crippen LogP contribution in [0.4, 0.5) is 0 Å². The molecule has 2 rings (SSSR count). The fourth-order valence-corrected chi connectivity index (χ4v) is 2.83. The molecule has 1 saturated heterocycles. The van der Waals surface area contributed by atoms with Crippen LogP contribution in [0.3, 0.4) is 0 Å². The van der Waals surface area contributed by atoms with Crippen LogP contribution in [0.15, 0.2) is 24.3 Å². The topological polar surface area (TPSA) is 12.0 Å². The van der Waals surface area contributed by atoms with Gasteiger partial charge in [0.15, 0.2) is 0 Å². The number of rotatable bonds is 1. The standard InChI is InChI=1S/C12H13Cl4N/c13-10-3-1-8(2-4-10)9-5-6-17-11(7-9)12(14,15)16/h1-4,9,11,17H,5-7H2/t9-,11+/m1/s1. The van der Waals surface area contributed by atoms with Crippen molar-refractivity contribution in [1.82, 2.24) is 5.32 Å². The molecule has 0 aliphatic carbocycles. The van der Waals surface area contributed by atoms with E-state index in [0.717, 1.165) is 24.4 Å². The molecule has 0 spiro atoms. The Balaban J connectivity index is 2.09. The highest BCUT2D eigenvalue weighted by Gasteiger charge is 2.36. The Bertz CT molecular complexity index is 371. The van der Waals surface area contributed by atoms with Crippen LogP contribution in [0.2, 0.25) is 5.02 Å². The fourth-order valence-electron chi connectivity index (χ4n) is 2.20. The number of hydrogen-bond acceptors (Lipinski definition) is 1. The third kappa shape index (κ3) is 3.65. The molecule has 2 atom stereocenters. The summed E-state index contributed by atoms with van der Waals surface area (Å²) in [6.07, 6.45) is 1.89. The molecule has 0 amide bonds. The summed E-state index contributed by atoms with van der Waals surface area (Å²) < 4.78 is -1.24. The predicted molar refractivity (Wildman–Crippen MR) is 75.5 cm³/mol. The van der Waals surface area contributed by atoms with Gasteiger partial charge in [-0.1, -0.05) is 58.5 Å². The molecule has 0 bridgehead atoms. The molecular weight excluding hydrogens is 300 g/mol. The van der Waals surface area contributed by atoms with Crippen molar-refractivity contribution >= 4 is 46.4 Å². The van der Waals surface area contributed by atoms with Gasteiger partial charge in [0.1, 0.15) is 0 Å². The van der Waals surface area contributed by atoms with Crippen LogP contribution in [0.5, 0.6) is 0 Å². The lowest BCUT2D eigenvalue weighted by molar-refractivity contribution is 0.365. The molecule has 1 aliphatic heterocycles. The molecule has 1 heterocycles. The highest BCUT2D eigenvalue weighted by atomic mass is 35.6. The van der Waals surface area contributed by atoms with E-state index >= 15 is 0 Å². The first-order chi connectivity index (χ1) is 7.97. The van der Waals surface area contributed by atoms with E-state index in [2.05, 4.69) is 5.32 Å². The van der Waals surface area contributed by atoms with Gasteiger partial charge in [-0.25, -0.2) is 0 Å². The van der Waals surface area contributed by atoms with E-state index in [1.807, 2.05) is 24.3 Å². The summed E-state index contributed by atoms with van der Waals surface area (Å²) in [5.41, 5.74) is 1.26. The van der Waals surface area contributed by atoms with Gasteiger partial charge >= 0.3 is 0 Å². The third-order valence-corrected chi connectivity index (χ3v) is 4.18. The molecule has 1 nitrogen and oxygen atoms in total. The second-order valence-corrected chi connectivity index (χ2v) is 7.13. The highest BCUT2D eigenvalue weighted by molar-refractivity contribution is 6.68. The Morgan fingerprint density at radius 3 is 2.35 bits per heavy atom. The maximum absolute atomic E-state index is 5.94. The Labute approximate surface area is 121 Å². The van der Waals surface area contributed by atoms with Gasteiger partial charge in [0, 0.05) is 5.02 Å². The summed E-state index contributed by atoms with van der Waals surface area (Å²) in [5.74, 6) is 0.425. The van der Waals surface area contributed by atoms with Gasteiger partial charge in [-0.2, -0.15) is 0 Å². The van der Waals surface area contributed by atoms with E-state index in [-0.39, 0.29) is 6.04 Å². The molecule has 17 heavy (non-hydrogen) atoms. The lowest BCUT2D eigenvalue weighted by Gasteiger charge is -2.34. The Kier molecular flexibility index (Phi) is 4.49. The van der Waals surface area contributed by atoms with Crippen molar-refractivity contribution in [3.05, 3.63) is 34.9 Å². The molecule has 1 aromatic carbocycles. The number of hydrogen-bond donors (Lipinski definition) is 1. The lowest BCUT2D eigenvalue weighted by atomic mass is 9.87. The average Bonchev–Trinajstić information content (AvgIpc) is 2.29. The minimum absolute atomic E-state index is 0.0954. The van der Waals surface area contributed by atoms with Gasteiger partial charge in [0.2, 0.25) is 3.79 Å². The number of alkyl halides is 3. The lowest BCUT2D eigenvalue weighted by Crippen LogP contribution is -2.45. The molecule has 0 unspecified atom stereocenters. The second-order valence-electron chi connectivity index (χ2n) is 4.32. The highest BCUT2D eigenvalue weighted by Crippen LogP contribution is 2.38. The van der Waals surface area contributed by atoms with Gasteiger partial charge in [-0.15, -0.1) is 0 Å². The summed E-state index contributed by atoms with van der Waals surface area (Å²) in [7, 11) is 0. The van der Waals surface area contributed by atoms with Crippen molar-refractivity contribution in [3.8, 4) is 0 Å². The molecule has 1 aromatic rings. The van der Waals surface area contributed by atoms with E-state index in [1.54, 1.807) is 0 Å².